The molecule has 1 aliphatic carbocycles. The number of aromatic nitrogens is 2. The van der Waals surface area contributed by atoms with E-state index >= 15 is 0 Å². The third-order valence-electron chi connectivity index (χ3n) is 5.95. The van der Waals surface area contributed by atoms with Crippen molar-refractivity contribution in [3.8, 4) is 0 Å². The number of aromatic amines is 1. The van der Waals surface area contributed by atoms with Crippen LogP contribution in [0.1, 0.15) is 36.2 Å². The predicted molar refractivity (Wildman–Crippen MR) is 90.9 cm³/mol. The van der Waals surface area contributed by atoms with E-state index in [9.17, 15) is 4.79 Å². The van der Waals surface area contributed by atoms with Crippen LogP contribution in [0, 0.1) is 5.92 Å². The lowest BCUT2D eigenvalue weighted by Gasteiger charge is -2.52. The van der Waals surface area contributed by atoms with Gasteiger partial charge in [-0.3, -0.25) is 14.8 Å². The number of nitrogens with zero attached hydrogens (tertiary/aromatic N) is 2. The van der Waals surface area contributed by atoms with Gasteiger partial charge in [-0.05, 0) is 50.8 Å². The maximum Gasteiger partial charge on any atom is 0.272 e. The number of carbonyl (C=O) groups is 1. The number of nitrogens with one attached hydrogen (secondary N) is 2. The van der Waals surface area contributed by atoms with Gasteiger partial charge in [0.05, 0.1) is 11.6 Å². The van der Waals surface area contributed by atoms with E-state index < -0.39 is 0 Å². The average molecular weight is 333 g/mol. The number of hydrogen-bond acceptors (Lipinski definition) is 3. The number of para-hydroxylation sites is 1. The molecule has 0 radical (unpaired) electrons. The molecule has 4 heterocycles. The summed E-state index contributed by atoms with van der Waals surface area (Å²) >= 11 is 0. The molecular weight excluding hydrogens is 312 g/mol. The number of amides is 1. The highest BCUT2D eigenvalue weighted by molar-refractivity contribution is 6.04. The van der Waals surface area contributed by atoms with Crippen LogP contribution in [-0.4, -0.2) is 45.7 Å². The third kappa shape index (κ3) is 2.10. The Morgan fingerprint density at radius 1 is 1.26 bits per heavy atom. The molecule has 2 aromatic rings. The van der Waals surface area contributed by atoms with Crippen molar-refractivity contribution in [3.05, 3.63) is 30.0 Å². The second-order valence-corrected chi connectivity index (χ2v) is 7.00. The molecule has 1 aromatic carbocycles. The van der Waals surface area contributed by atoms with Crippen LogP contribution in [0.4, 0.5) is 0 Å². The molecule has 6 rings (SSSR count). The number of carbonyl (C=O) groups excluding carboxylic acids is 1. The van der Waals surface area contributed by atoms with Crippen LogP contribution < -0.4 is 5.32 Å². The van der Waals surface area contributed by atoms with Crippen molar-refractivity contribution >= 4 is 29.2 Å². The average Bonchev–Trinajstić information content (AvgIpc) is 3.21. The van der Waals surface area contributed by atoms with Crippen molar-refractivity contribution in [2.45, 2.75) is 37.3 Å². The van der Waals surface area contributed by atoms with E-state index in [4.69, 9.17) is 0 Å². The van der Waals surface area contributed by atoms with E-state index in [1.807, 2.05) is 24.3 Å². The first kappa shape index (κ1) is 15.0. The lowest BCUT2D eigenvalue weighted by molar-refractivity contribution is -0.00150. The van der Waals surface area contributed by atoms with Crippen molar-refractivity contribution in [2.24, 2.45) is 5.92 Å². The molecule has 2 N–H and O–H groups in total. The molecule has 1 unspecified atom stereocenters. The predicted octanol–water partition coefficient (Wildman–Crippen LogP) is 2.34. The highest BCUT2D eigenvalue weighted by Gasteiger charge is 2.60. The summed E-state index contributed by atoms with van der Waals surface area (Å²) in [6.45, 7) is 2.42. The summed E-state index contributed by atoms with van der Waals surface area (Å²) < 4.78 is 0. The molecule has 122 valence electrons. The van der Waals surface area contributed by atoms with Gasteiger partial charge in [-0.15, -0.1) is 12.4 Å². The fourth-order valence-electron chi connectivity index (χ4n) is 4.67. The Morgan fingerprint density at radius 2 is 2.00 bits per heavy atom. The fourth-order valence-corrected chi connectivity index (χ4v) is 4.67. The number of halogens is 1. The monoisotopic (exact) mass is 332 g/mol. The Morgan fingerprint density at radius 3 is 2.74 bits per heavy atom. The first-order chi connectivity index (χ1) is 10.8. The second-order valence-electron chi connectivity index (χ2n) is 7.00. The number of benzene rings is 1. The third-order valence-corrected chi connectivity index (χ3v) is 5.95. The zero-order valence-electron chi connectivity index (χ0n) is 12.9. The van der Waals surface area contributed by atoms with Gasteiger partial charge in [-0.2, -0.15) is 5.10 Å². The number of piperidine rings is 3. The van der Waals surface area contributed by atoms with Crippen LogP contribution in [0.3, 0.4) is 0 Å². The second kappa shape index (κ2) is 5.21. The minimum atomic E-state index is -0.0255. The highest BCUT2D eigenvalue weighted by atomic mass is 35.5. The zero-order valence-corrected chi connectivity index (χ0v) is 13.7. The summed E-state index contributed by atoms with van der Waals surface area (Å²) in [6.07, 6.45) is 4.90. The summed E-state index contributed by atoms with van der Waals surface area (Å²) in [4.78, 5) is 15.4. The van der Waals surface area contributed by atoms with Crippen LogP contribution in [-0.2, 0) is 0 Å². The Balaban J connectivity index is 0.00000135. The fraction of sp³-hybridized carbons (Fsp3) is 0.529. The van der Waals surface area contributed by atoms with Gasteiger partial charge in [0.25, 0.3) is 5.91 Å². The molecule has 2 bridgehead atoms. The Bertz CT molecular complexity index is 746. The van der Waals surface area contributed by atoms with E-state index in [0.29, 0.717) is 17.7 Å². The van der Waals surface area contributed by atoms with Crippen molar-refractivity contribution in [2.75, 3.05) is 13.1 Å². The molecule has 1 amide bonds. The molecule has 6 heteroatoms. The van der Waals surface area contributed by atoms with Gasteiger partial charge < -0.3 is 5.32 Å². The van der Waals surface area contributed by atoms with E-state index in [1.54, 1.807) is 0 Å². The van der Waals surface area contributed by atoms with Gasteiger partial charge in [-0.25, -0.2) is 0 Å². The minimum Gasteiger partial charge on any atom is -0.346 e. The van der Waals surface area contributed by atoms with E-state index in [1.165, 1.54) is 38.8 Å². The number of fused-ring (bicyclic) bond motifs is 3. The molecule has 1 spiro atoms. The van der Waals surface area contributed by atoms with Gasteiger partial charge in [0.1, 0.15) is 0 Å². The number of hydrogen-bond donors (Lipinski definition) is 2. The molecular formula is C17H21ClN4O. The number of rotatable bonds is 2. The molecule has 4 fully saturated rings. The normalized spacial score (nSPS) is 30.2. The Labute approximate surface area is 141 Å². The van der Waals surface area contributed by atoms with E-state index in [0.717, 1.165) is 10.9 Å². The first-order valence-corrected chi connectivity index (χ1v) is 8.27. The molecule has 3 aliphatic heterocycles. The molecule has 1 atom stereocenters. The molecule has 1 saturated carbocycles. The summed E-state index contributed by atoms with van der Waals surface area (Å²) in [5.41, 5.74) is 1.72. The maximum absolute atomic E-state index is 12.8. The smallest absolute Gasteiger partial charge is 0.272 e. The van der Waals surface area contributed by atoms with Crippen LogP contribution in [0.15, 0.2) is 24.3 Å². The van der Waals surface area contributed by atoms with Gasteiger partial charge in [0.15, 0.2) is 5.69 Å². The molecule has 4 aliphatic rings. The lowest BCUT2D eigenvalue weighted by Crippen LogP contribution is -2.65. The van der Waals surface area contributed by atoms with Crippen molar-refractivity contribution in [1.29, 1.82) is 0 Å². The Hall–Kier alpha value is -1.59. The van der Waals surface area contributed by atoms with Crippen LogP contribution in [0.25, 0.3) is 10.9 Å². The maximum atomic E-state index is 12.8. The van der Waals surface area contributed by atoms with Crippen LogP contribution in [0.2, 0.25) is 0 Å². The quantitative estimate of drug-likeness (QED) is 0.887. The van der Waals surface area contributed by atoms with E-state index in [2.05, 4.69) is 20.4 Å². The van der Waals surface area contributed by atoms with Gasteiger partial charge >= 0.3 is 0 Å². The first-order valence-electron chi connectivity index (χ1n) is 8.27. The summed E-state index contributed by atoms with van der Waals surface area (Å²) in [5.74, 6) is 0.615. The summed E-state index contributed by atoms with van der Waals surface area (Å²) in [6, 6.07) is 8.12. The summed E-state index contributed by atoms with van der Waals surface area (Å²) in [5, 5.41) is 11.4. The van der Waals surface area contributed by atoms with Crippen molar-refractivity contribution < 1.29 is 4.79 Å². The Kier molecular flexibility index (Phi) is 3.39. The molecule has 1 aromatic heterocycles. The lowest BCUT2D eigenvalue weighted by atomic mass is 9.77. The standard InChI is InChI=1S/C17H20N4O.ClH/c22-16(14-12-3-1-2-4-13(12)19-20-14)18-15-11-5-9-21(10-6-11)17(15)7-8-17;/h1-4,11,15H,5-10H2,(H,18,22)(H,19,20);1H. The van der Waals surface area contributed by atoms with Gasteiger partial charge in [0.2, 0.25) is 0 Å². The van der Waals surface area contributed by atoms with Crippen LogP contribution in [0.5, 0.6) is 0 Å². The van der Waals surface area contributed by atoms with Crippen molar-refractivity contribution in [3.63, 3.8) is 0 Å². The molecule has 23 heavy (non-hydrogen) atoms. The van der Waals surface area contributed by atoms with Crippen LogP contribution >= 0.6 is 12.4 Å². The van der Waals surface area contributed by atoms with E-state index in [-0.39, 0.29) is 23.9 Å². The number of H-pyrrole nitrogens is 1. The minimum absolute atomic E-state index is 0. The summed E-state index contributed by atoms with van der Waals surface area (Å²) in [7, 11) is 0. The topological polar surface area (TPSA) is 61.0 Å². The zero-order chi connectivity index (χ0) is 14.7. The highest BCUT2D eigenvalue weighted by Crippen LogP contribution is 2.53. The van der Waals surface area contributed by atoms with Crippen molar-refractivity contribution in [1.82, 2.24) is 20.4 Å². The molecule has 5 nitrogen and oxygen atoms in total. The van der Waals surface area contributed by atoms with Gasteiger partial charge in [-0.1, -0.05) is 18.2 Å². The molecule has 3 saturated heterocycles. The largest absolute Gasteiger partial charge is 0.346 e. The van der Waals surface area contributed by atoms with Gasteiger partial charge in [0, 0.05) is 10.9 Å². The SMILES string of the molecule is Cl.O=C(NC1C2CCN(CC2)C12CC2)c1n[nH]c2ccccc12.